The average Bonchev–Trinajstić information content (AvgIpc) is 1.95. The van der Waals surface area contributed by atoms with Crippen LogP contribution in [0.4, 0.5) is 0 Å². The molecule has 0 aliphatic heterocycles. The van der Waals surface area contributed by atoms with Gasteiger partial charge in [-0.25, -0.2) is 0 Å². The molecule has 1 atom stereocenters. The molecule has 1 aliphatic carbocycles. The van der Waals surface area contributed by atoms with Crippen molar-refractivity contribution in [2.45, 2.75) is 39.0 Å². The molecule has 0 amide bonds. The van der Waals surface area contributed by atoms with Crippen LogP contribution >= 0.6 is 0 Å². The molecule has 0 aromatic carbocycles. The fourth-order valence-electron chi connectivity index (χ4n) is 1.43. The summed E-state index contributed by atoms with van der Waals surface area (Å²) in [6.45, 7) is 1.85. The lowest BCUT2D eigenvalue weighted by Crippen LogP contribution is -2.17. The van der Waals surface area contributed by atoms with Gasteiger partial charge in [-0.05, 0) is 12.8 Å². The molecular formula is C9H14O2. The van der Waals surface area contributed by atoms with E-state index in [1.807, 2.05) is 6.92 Å². The minimum absolute atomic E-state index is 0.0252. The summed E-state index contributed by atoms with van der Waals surface area (Å²) < 4.78 is 0. The fourth-order valence-corrected chi connectivity index (χ4v) is 1.43. The van der Waals surface area contributed by atoms with Crippen molar-refractivity contribution in [1.29, 1.82) is 0 Å². The van der Waals surface area contributed by atoms with E-state index >= 15 is 0 Å². The largest absolute Gasteiger partial charge is 0.300 e. The molecule has 0 aromatic rings. The fraction of sp³-hybridized carbons (Fsp3) is 0.778. The smallest absolute Gasteiger partial charge is 0.136 e. The van der Waals surface area contributed by atoms with Gasteiger partial charge in [0.1, 0.15) is 11.6 Å². The first-order valence-electron chi connectivity index (χ1n) is 4.24. The van der Waals surface area contributed by atoms with Crippen LogP contribution in [0, 0.1) is 5.92 Å². The molecule has 0 spiro atoms. The predicted octanol–water partition coefficient (Wildman–Crippen LogP) is 1.72. The van der Waals surface area contributed by atoms with Gasteiger partial charge in [0.25, 0.3) is 0 Å². The molecule has 0 N–H and O–H groups in total. The molecular weight excluding hydrogens is 140 g/mol. The molecule has 1 fully saturated rings. The van der Waals surface area contributed by atoms with Crippen LogP contribution in [0.3, 0.4) is 0 Å². The second-order valence-corrected chi connectivity index (χ2v) is 3.32. The summed E-state index contributed by atoms with van der Waals surface area (Å²) in [5, 5.41) is 0. The highest BCUT2D eigenvalue weighted by Crippen LogP contribution is 2.16. The maximum Gasteiger partial charge on any atom is 0.136 e. The van der Waals surface area contributed by atoms with Crippen molar-refractivity contribution in [1.82, 2.24) is 0 Å². The van der Waals surface area contributed by atoms with Crippen LogP contribution in [-0.2, 0) is 9.59 Å². The predicted molar refractivity (Wildman–Crippen MR) is 42.3 cm³/mol. The lowest BCUT2D eigenvalue weighted by Gasteiger charge is -2.12. The van der Waals surface area contributed by atoms with Gasteiger partial charge < -0.3 is 0 Å². The van der Waals surface area contributed by atoms with E-state index in [0.717, 1.165) is 12.8 Å². The molecule has 1 rings (SSSR count). The zero-order chi connectivity index (χ0) is 8.27. The lowest BCUT2D eigenvalue weighted by atomic mass is 9.91. The molecule has 1 aliphatic rings. The van der Waals surface area contributed by atoms with E-state index < -0.39 is 0 Å². The van der Waals surface area contributed by atoms with Crippen LogP contribution in [0.2, 0.25) is 0 Å². The van der Waals surface area contributed by atoms with Crippen LogP contribution in [0.5, 0.6) is 0 Å². The molecule has 1 unspecified atom stereocenters. The van der Waals surface area contributed by atoms with Gasteiger partial charge in [0, 0.05) is 25.2 Å². The minimum Gasteiger partial charge on any atom is -0.300 e. The molecule has 0 radical (unpaired) electrons. The van der Waals surface area contributed by atoms with Crippen molar-refractivity contribution in [2.75, 3.05) is 0 Å². The zero-order valence-corrected chi connectivity index (χ0v) is 6.93. The van der Waals surface area contributed by atoms with E-state index in [4.69, 9.17) is 0 Å². The highest BCUT2D eigenvalue weighted by Gasteiger charge is 2.18. The van der Waals surface area contributed by atoms with Gasteiger partial charge in [0.2, 0.25) is 0 Å². The normalized spacial score (nSPS) is 27.9. The van der Waals surface area contributed by atoms with E-state index in [9.17, 15) is 9.59 Å². The second-order valence-electron chi connectivity index (χ2n) is 3.32. The monoisotopic (exact) mass is 154 g/mol. The van der Waals surface area contributed by atoms with E-state index in [1.54, 1.807) is 0 Å². The maximum atomic E-state index is 11.2. The summed E-state index contributed by atoms with van der Waals surface area (Å²) in [5.74, 6) is 0.492. The second kappa shape index (κ2) is 3.65. The number of hydrogen-bond donors (Lipinski definition) is 0. The average molecular weight is 154 g/mol. The van der Waals surface area contributed by atoms with E-state index in [-0.39, 0.29) is 17.5 Å². The van der Waals surface area contributed by atoms with Crippen LogP contribution in [-0.4, -0.2) is 11.6 Å². The molecule has 2 heteroatoms. The number of carbonyl (C=O) groups excluding carboxylic acids is 2. The third-order valence-corrected chi connectivity index (χ3v) is 2.21. The molecule has 0 aromatic heterocycles. The Bertz CT molecular complexity index is 172. The number of rotatable bonds is 0. The molecule has 0 heterocycles. The van der Waals surface area contributed by atoms with Crippen molar-refractivity contribution in [2.24, 2.45) is 5.92 Å². The highest BCUT2D eigenvalue weighted by molar-refractivity contribution is 5.88. The van der Waals surface area contributed by atoms with E-state index in [2.05, 4.69) is 0 Å². The van der Waals surface area contributed by atoms with Gasteiger partial charge in [-0.1, -0.05) is 6.92 Å². The Hall–Kier alpha value is -0.660. The summed E-state index contributed by atoms with van der Waals surface area (Å²) in [6, 6.07) is 0. The SMILES string of the molecule is CC1CC(=O)CCCCC1=O. The number of Topliss-reactive ketones (excluding diaryl/α,β-unsaturated/α-hetero) is 2. The van der Waals surface area contributed by atoms with Crippen molar-refractivity contribution in [3.8, 4) is 0 Å². The minimum atomic E-state index is -0.0252. The summed E-state index contributed by atoms with van der Waals surface area (Å²) in [5.41, 5.74) is 0. The van der Waals surface area contributed by atoms with Gasteiger partial charge in [-0.3, -0.25) is 9.59 Å². The first-order valence-corrected chi connectivity index (χ1v) is 4.24. The van der Waals surface area contributed by atoms with Crippen LogP contribution in [0.15, 0.2) is 0 Å². The van der Waals surface area contributed by atoms with E-state index in [1.165, 1.54) is 0 Å². The Morgan fingerprint density at radius 3 is 2.55 bits per heavy atom. The zero-order valence-electron chi connectivity index (χ0n) is 6.93. The molecule has 0 bridgehead atoms. The highest BCUT2D eigenvalue weighted by atomic mass is 16.1. The summed E-state index contributed by atoms with van der Waals surface area (Å²) in [6.07, 6.45) is 3.62. The van der Waals surface area contributed by atoms with Gasteiger partial charge in [-0.2, -0.15) is 0 Å². The maximum absolute atomic E-state index is 11.2. The third kappa shape index (κ3) is 2.45. The van der Waals surface area contributed by atoms with Crippen LogP contribution in [0.1, 0.15) is 39.0 Å². The first-order chi connectivity index (χ1) is 5.20. The Labute approximate surface area is 67.0 Å². The standard InChI is InChI=1S/C9H14O2/c1-7-6-8(10)4-2-3-5-9(7)11/h7H,2-6H2,1H3. The van der Waals surface area contributed by atoms with Gasteiger partial charge in [0.15, 0.2) is 0 Å². The van der Waals surface area contributed by atoms with Gasteiger partial charge in [0.05, 0.1) is 0 Å². The molecule has 11 heavy (non-hydrogen) atoms. The number of hydrogen-bond acceptors (Lipinski definition) is 2. The Morgan fingerprint density at radius 1 is 1.18 bits per heavy atom. The molecule has 62 valence electrons. The summed E-state index contributed by atoms with van der Waals surface area (Å²) >= 11 is 0. The van der Waals surface area contributed by atoms with Crippen LogP contribution < -0.4 is 0 Å². The lowest BCUT2D eigenvalue weighted by molar-refractivity contribution is -0.128. The first kappa shape index (κ1) is 8.44. The Morgan fingerprint density at radius 2 is 1.82 bits per heavy atom. The number of ketones is 2. The Kier molecular flexibility index (Phi) is 2.80. The quantitative estimate of drug-likeness (QED) is 0.532. The number of carbonyl (C=O) groups is 2. The van der Waals surface area contributed by atoms with Gasteiger partial charge >= 0.3 is 0 Å². The summed E-state index contributed by atoms with van der Waals surface area (Å²) in [7, 11) is 0. The van der Waals surface area contributed by atoms with Crippen molar-refractivity contribution in [3.63, 3.8) is 0 Å². The molecule has 2 nitrogen and oxygen atoms in total. The van der Waals surface area contributed by atoms with Crippen molar-refractivity contribution in [3.05, 3.63) is 0 Å². The summed E-state index contributed by atoms with van der Waals surface area (Å²) in [4.78, 5) is 22.2. The Balaban J connectivity index is 2.51. The van der Waals surface area contributed by atoms with E-state index in [0.29, 0.717) is 19.3 Å². The van der Waals surface area contributed by atoms with Gasteiger partial charge in [-0.15, -0.1) is 0 Å². The van der Waals surface area contributed by atoms with Crippen LogP contribution in [0.25, 0.3) is 0 Å². The molecule has 1 saturated carbocycles. The van der Waals surface area contributed by atoms with Crippen molar-refractivity contribution >= 4 is 11.6 Å². The topological polar surface area (TPSA) is 34.1 Å². The third-order valence-electron chi connectivity index (χ3n) is 2.21. The molecule has 0 saturated heterocycles. The van der Waals surface area contributed by atoms with Crippen molar-refractivity contribution < 1.29 is 9.59 Å².